The Balaban J connectivity index is 2.73. The maximum atomic E-state index is 10.8. The van der Waals surface area contributed by atoms with Gasteiger partial charge in [0.15, 0.2) is 5.75 Å². The van der Waals surface area contributed by atoms with E-state index in [-0.39, 0.29) is 18.0 Å². The molecule has 1 aromatic rings. The predicted molar refractivity (Wildman–Crippen MR) is 63.3 cm³/mol. The van der Waals surface area contributed by atoms with E-state index in [0.717, 1.165) is 5.56 Å². The normalized spacial score (nSPS) is 12.2. The van der Waals surface area contributed by atoms with Gasteiger partial charge in [0, 0.05) is 12.6 Å². The molecule has 6 nitrogen and oxygen atoms in total. The summed E-state index contributed by atoms with van der Waals surface area (Å²) < 4.78 is 5.24. The average Bonchev–Trinajstić information content (AvgIpc) is 2.27. The quantitative estimate of drug-likeness (QED) is 0.569. The number of nitrogens with zero attached hydrogens (tertiary/aromatic N) is 1. The van der Waals surface area contributed by atoms with Crippen molar-refractivity contribution in [2.45, 2.75) is 13.0 Å². The largest absolute Gasteiger partial charge is 0.484 e. The van der Waals surface area contributed by atoms with Crippen LogP contribution in [0.1, 0.15) is 5.56 Å². The number of rotatable bonds is 6. The lowest BCUT2D eigenvalue weighted by Crippen LogP contribution is -2.29. The van der Waals surface area contributed by atoms with E-state index in [9.17, 15) is 15.2 Å². The molecule has 0 aliphatic rings. The van der Waals surface area contributed by atoms with Gasteiger partial charge in [0.05, 0.1) is 4.92 Å². The van der Waals surface area contributed by atoms with Crippen molar-refractivity contribution in [3.8, 4) is 5.75 Å². The molecule has 6 heteroatoms. The standard InChI is InChI=1S/C11H16N2O4/c1-8-3-4-11(10(5-8)13(15)16)17-7-9(14)6-12-2/h3-5,9,12,14H,6-7H2,1-2H3. The van der Waals surface area contributed by atoms with Crippen LogP contribution in [0.25, 0.3) is 0 Å². The van der Waals surface area contributed by atoms with Crippen molar-refractivity contribution in [2.75, 3.05) is 20.2 Å². The zero-order chi connectivity index (χ0) is 12.8. The van der Waals surface area contributed by atoms with Gasteiger partial charge in [-0.05, 0) is 25.6 Å². The first kappa shape index (κ1) is 13.4. The monoisotopic (exact) mass is 240 g/mol. The molecule has 0 spiro atoms. The van der Waals surface area contributed by atoms with Crippen LogP contribution < -0.4 is 10.1 Å². The van der Waals surface area contributed by atoms with Gasteiger partial charge >= 0.3 is 5.69 Å². The minimum absolute atomic E-state index is 0.0186. The number of nitro groups is 1. The smallest absolute Gasteiger partial charge is 0.311 e. The number of nitrogens with one attached hydrogen (secondary N) is 1. The van der Waals surface area contributed by atoms with Gasteiger partial charge < -0.3 is 15.2 Å². The highest BCUT2D eigenvalue weighted by Gasteiger charge is 2.16. The molecule has 0 saturated carbocycles. The summed E-state index contributed by atoms with van der Waals surface area (Å²) in [7, 11) is 1.71. The van der Waals surface area contributed by atoms with Crippen LogP contribution in [-0.2, 0) is 0 Å². The second-order valence-electron chi connectivity index (χ2n) is 3.75. The number of likely N-dealkylation sites (N-methyl/N-ethyl adjacent to an activating group) is 1. The van der Waals surface area contributed by atoms with Crippen LogP contribution >= 0.6 is 0 Å². The zero-order valence-corrected chi connectivity index (χ0v) is 9.84. The molecule has 1 atom stereocenters. The molecule has 0 radical (unpaired) electrons. The molecule has 0 fully saturated rings. The molecular formula is C11H16N2O4. The molecule has 0 aromatic heterocycles. The summed E-state index contributed by atoms with van der Waals surface area (Å²) in [6.45, 7) is 2.16. The summed E-state index contributed by atoms with van der Waals surface area (Å²) in [5.41, 5.74) is 0.710. The zero-order valence-electron chi connectivity index (χ0n) is 9.84. The summed E-state index contributed by atoms with van der Waals surface area (Å²) in [6, 6.07) is 4.71. The molecule has 0 aliphatic heterocycles. The van der Waals surface area contributed by atoms with Gasteiger partial charge in [-0.3, -0.25) is 10.1 Å². The van der Waals surface area contributed by atoms with Gasteiger partial charge in [-0.15, -0.1) is 0 Å². The maximum absolute atomic E-state index is 10.8. The van der Waals surface area contributed by atoms with Gasteiger partial charge in [-0.25, -0.2) is 0 Å². The molecule has 0 aliphatic carbocycles. The topological polar surface area (TPSA) is 84.6 Å². The van der Waals surface area contributed by atoms with E-state index >= 15 is 0 Å². The van der Waals surface area contributed by atoms with E-state index in [4.69, 9.17) is 4.74 Å². The summed E-state index contributed by atoms with van der Waals surface area (Å²) >= 11 is 0. The number of aliphatic hydroxyl groups is 1. The van der Waals surface area contributed by atoms with Crippen molar-refractivity contribution in [3.63, 3.8) is 0 Å². The van der Waals surface area contributed by atoms with E-state index in [2.05, 4.69) is 5.32 Å². The van der Waals surface area contributed by atoms with Crippen molar-refractivity contribution in [1.29, 1.82) is 0 Å². The van der Waals surface area contributed by atoms with Crippen molar-refractivity contribution >= 4 is 5.69 Å². The Bertz CT molecular complexity index is 395. The summed E-state index contributed by atoms with van der Waals surface area (Å²) in [5, 5.41) is 23.0. The Morgan fingerprint density at radius 2 is 2.29 bits per heavy atom. The molecule has 1 aromatic carbocycles. The van der Waals surface area contributed by atoms with Crippen molar-refractivity contribution < 1.29 is 14.8 Å². The lowest BCUT2D eigenvalue weighted by molar-refractivity contribution is -0.386. The minimum atomic E-state index is -0.694. The van der Waals surface area contributed by atoms with Crippen LogP contribution in [0.3, 0.4) is 0 Å². The first-order valence-corrected chi connectivity index (χ1v) is 5.25. The fraction of sp³-hybridized carbons (Fsp3) is 0.455. The number of hydrogen-bond donors (Lipinski definition) is 2. The Kier molecular flexibility index (Phi) is 4.86. The Labute approximate surface area is 99.4 Å². The SMILES string of the molecule is CNCC(O)COc1ccc(C)cc1[N+](=O)[O-]. The Morgan fingerprint density at radius 3 is 2.88 bits per heavy atom. The van der Waals surface area contributed by atoms with Gasteiger partial charge in [0.2, 0.25) is 0 Å². The first-order valence-electron chi connectivity index (χ1n) is 5.25. The molecule has 0 heterocycles. The average molecular weight is 240 g/mol. The molecule has 0 saturated heterocycles. The van der Waals surface area contributed by atoms with Gasteiger partial charge in [0.25, 0.3) is 0 Å². The van der Waals surface area contributed by atoms with E-state index in [0.29, 0.717) is 6.54 Å². The summed E-state index contributed by atoms with van der Waals surface area (Å²) in [6.07, 6.45) is -0.694. The Hall–Kier alpha value is -1.66. The van der Waals surface area contributed by atoms with Crippen LogP contribution in [0.4, 0.5) is 5.69 Å². The molecule has 0 bridgehead atoms. The van der Waals surface area contributed by atoms with Crippen LogP contribution in [-0.4, -0.2) is 36.3 Å². The fourth-order valence-electron chi connectivity index (χ4n) is 1.37. The molecule has 2 N–H and O–H groups in total. The molecule has 94 valence electrons. The number of aliphatic hydroxyl groups excluding tert-OH is 1. The minimum Gasteiger partial charge on any atom is -0.484 e. The number of ether oxygens (including phenoxy) is 1. The first-order chi connectivity index (χ1) is 8.04. The lowest BCUT2D eigenvalue weighted by Gasteiger charge is -2.12. The molecular weight excluding hydrogens is 224 g/mol. The molecule has 0 amide bonds. The van der Waals surface area contributed by atoms with Gasteiger partial charge in [0.1, 0.15) is 12.7 Å². The van der Waals surface area contributed by atoms with E-state index < -0.39 is 11.0 Å². The van der Waals surface area contributed by atoms with Crippen LogP contribution in [0.5, 0.6) is 5.75 Å². The highest BCUT2D eigenvalue weighted by Crippen LogP contribution is 2.27. The second-order valence-corrected chi connectivity index (χ2v) is 3.75. The van der Waals surface area contributed by atoms with E-state index in [1.807, 2.05) is 0 Å². The summed E-state index contributed by atoms with van der Waals surface area (Å²) in [4.78, 5) is 10.3. The summed E-state index contributed by atoms with van der Waals surface area (Å²) in [5.74, 6) is 0.177. The molecule has 1 unspecified atom stereocenters. The number of hydrogen-bond acceptors (Lipinski definition) is 5. The highest BCUT2D eigenvalue weighted by atomic mass is 16.6. The van der Waals surface area contributed by atoms with Crippen molar-refractivity contribution in [2.24, 2.45) is 0 Å². The van der Waals surface area contributed by atoms with E-state index in [1.54, 1.807) is 26.1 Å². The molecule has 1 rings (SSSR count). The third kappa shape index (κ3) is 4.01. The Morgan fingerprint density at radius 1 is 1.59 bits per heavy atom. The lowest BCUT2D eigenvalue weighted by atomic mass is 10.2. The van der Waals surface area contributed by atoms with Crippen molar-refractivity contribution in [3.05, 3.63) is 33.9 Å². The number of nitro benzene ring substituents is 1. The number of benzene rings is 1. The highest BCUT2D eigenvalue weighted by molar-refractivity contribution is 5.48. The maximum Gasteiger partial charge on any atom is 0.311 e. The third-order valence-electron chi connectivity index (χ3n) is 2.18. The van der Waals surface area contributed by atoms with Gasteiger partial charge in [-0.2, -0.15) is 0 Å². The van der Waals surface area contributed by atoms with Crippen LogP contribution in [0, 0.1) is 17.0 Å². The fourth-order valence-corrected chi connectivity index (χ4v) is 1.37. The molecule has 17 heavy (non-hydrogen) atoms. The van der Waals surface area contributed by atoms with E-state index in [1.165, 1.54) is 6.07 Å². The van der Waals surface area contributed by atoms with Crippen LogP contribution in [0.15, 0.2) is 18.2 Å². The van der Waals surface area contributed by atoms with Gasteiger partial charge in [-0.1, -0.05) is 6.07 Å². The second kappa shape index (κ2) is 6.17. The predicted octanol–water partition coefficient (Wildman–Crippen LogP) is 0.862. The van der Waals surface area contributed by atoms with Crippen molar-refractivity contribution in [1.82, 2.24) is 5.32 Å². The third-order valence-corrected chi connectivity index (χ3v) is 2.18. The number of aryl methyl sites for hydroxylation is 1. The van der Waals surface area contributed by atoms with Crippen LogP contribution in [0.2, 0.25) is 0 Å².